The molecule has 8 aromatic rings. The number of aliphatic imine (C=N–C) groups is 4. The number of nitrogens with one attached hydrogen (secondary N) is 1. The average Bonchev–Trinajstić information content (AvgIpc) is 1.59. The van der Waals surface area contributed by atoms with E-state index in [4.69, 9.17) is 15.0 Å². The van der Waals surface area contributed by atoms with Gasteiger partial charge in [-0.15, -0.1) is 0 Å². The average molecular weight is 1660 g/mol. The summed E-state index contributed by atoms with van der Waals surface area (Å²) in [5.74, 6) is 5.72. The van der Waals surface area contributed by atoms with Crippen molar-refractivity contribution in [2.45, 2.75) is 210 Å². The largest absolute Gasteiger partial charge is 1.00 e. The molecule has 0 saturated carbocycles. The molecular weight excluding hydrogens is 1550 g/mol. The van der Waals surface area contributed by atoms with Gasteiger partial charge in [-0.1, -0.05) is 79.7 Å². The molecule has 0 unspecified atom stereocenters. The van der Waals surface area contributed by atoms with Gasteiger partial charge in [0.25, 0.3) is 0 Å². The van der Waals surface area contributed by atoms with Crippen molar-refractivity contribution in [3.8, 4) is 66.8 Å². The molecule has 9 nitrogen and oxygen atoms in total. The molecule has 98 heavy (non-hydrogen) atoms. The van der Waals surface area contributed by atoms with E-state index in [2.05, 4.69) is 427 Å². The zero-order valence-corrected chi connectivity index (χ0v) is 71.2. The second kappa shape index (κ2) is 30.8. The van der Waals surface area contributed by atoms with Crippen molar-refractivity contribution in [3.05, 3.63) is 199 Å². The number of amidine groups is 4. The Morgan fingerprint density at radius 2 is 0.520 bits per heavy atom. The Bertz CT molecular complexity index is 3800. The van der Waals surface area contributed by atoms with Crippen LogP contribution in [0.5, 0.6) is 0 Å². The van der Waals surface area contributed by atoms with Gasteiger partial charge in [-0.2, -0.15) is 20.3 Å². The van der Waals surface area contributed by atoms with Crippen molar-refractivity contribution < 1.29 is 35.0 Å². The summed E-state index contributed by atoms with van der Waals surface area (Å²) in [5.41, 5.74) is 17.3. The minimum Gasteiger partial charge on any atom is -0.870 e. The summed E-state index contributed by atoms with van der Waals surface area (Å²) in [4.78, 5) is 26.7. The Morgan fingerprint density at radius 3 is 0.653 bits per heavy atom. The third kappa shape index (κ3) is 17.0. The van der Waals surface area contributed by atoms with Crippen molar-refractivity contribution in [3.63, 3.8) is 0 Å². The summed E-state index contributed by atoms with van der Waals surface area (Å²) in [6, 6.07) is 67.1. The Labute approximate surface area is 651 Å². The van der Waals surface area contributed by atoms with E-state index >= 15 is 0 Å². The van der Waals surface area contributed by atoms with Crippen molar-refractivity contribution in [1.82, 2.24) is 5.32 Å². The molecule has 0 radical (unpaired) electrons. The van der Waals surface area contributed by atoms with Gasteiger partial charge < -0.3 is 31.4 Å². The molecule has 13 heteroatoms. The molecule has 12 rings (SSSR count). The van der Waals surface area contributed by atoms with E-state index < -0.39 is 0 Å². The van der Waals surface area contributed by atoms with Crippen LogP contribution < -0.4 is 49.6 Å². The van der Waals surface area contributed by atoms with Gasteiger partial charge in [0.05, 0.1) is 50.1 Å². The number of hydrogen-bond donors (Lipinski definition) is 1. The van der Waals surface area contributed by atoms with E-state index in [1.54, 1.807) is 0 Å². The molecule has 4 heterocycles. The maximum atomic E-state index is 5.03. The van der Waals surface area contributed by atoms with Crippen LogP contribution in [0, 0.1) is 16.6 Å². The molecule has 0 atom stereocenters. The fourth-order valence-electron chi connectivity index (χ4n) is 13.1. The van der Waals surface area contributed by atoms with Gasteiger partial charge in [-0.3, -0.25) is 20.0 Å². The first-order valence-corrected chi connectivity index (χ1v) is 37.1. The standard InChI is InChI=1S/C48H60N6.C24H15I3.C8H16N2.C5H11.Na.H2O/c1-31-49-43(4,5)46(10,11)52(31)40-22-16-34(17-23-40)37-28-38(35-18-24-41(25-19-35)53-32(2)50-44(6,7)47(53,12)13)30-39(29-37)36-20-26-42(27-21-36)54-33(3)51-45(8,9)48(54,14)15;25-22-7-1-16(2-8-22)19-13-20(17-3-9-23(26)10-4-17)15-21(14-19)18-5-11-24(27)12-6-18;1-6-9-7(2,3)8(4,5)10-6;1-4-5(2)3;;/h16-30H,1-15H3;1-15H;1-5H3,(H,9,10);4H2,1-3H3;;1H2/q;;;-1;+1;/p-1. The number of nitrogens with zero attached hydrogens (tertiary/aromatic N) is 7. The van der Waals surface area contributed by atoms with Crippen molar-refractivity contribution in [1.29, 1.82) is 0 Å². The molecule has 4 aliphatic heterocycles. The van der Waals surface area contributed by atoms with E-state index in [-0.39, 0.29) is 79.3 Å². The van der Waals surface area contributed by atoms with E-state index in [0.29, 0.717) is 0 Å². The summed E-state index contributed by atoms with van der Waals surface area (Å²) in [6.45, 7) is 50.5. The van der Waals surface area contributed by atoms with Crippen LogP contribution in [0.1, 0.15) is 166 Å². The molecule has 4 aliphatic rings. The van der Waals surface area contributed by atoms with Crippen LogP contribution in [0.25, 0.3) is 66.8 Å². The van der Waals surface area contributed by atoms with E-state index in [1.165, 1.54) is 89.8 Å². The Balaban J connectivity index is 0.000000253. The maximum Gasteiger partial charge on any atom is 1.00 e. The van der Waals surface area contributed by atoms with Gasteiger partial charge in [-0.05, 0) is 382 Å². The molecule has 512 valence electrons. The van der Waals surface area contributed by atoms with Gasteiger partial charge in [0.2, 0.25) is 0 Å². The third-order valence-electron chi connectivity index (χ3n) is 21.4. The Kier molecular flexibility index (Phi) is 25.2. The van der Waals surface area contributed by atoms with Crippen LogP contribution in [-0.2, 0) is 0 Å². The van der Waals surface area contributed by atoms with Gasteiger partial charge in [0.15, 0.2) is 0 Å². The SMILES string of the molecule is CC1=NC(C)(C)C(C)(C)N1.CC1=NC(C)(C)C(C)(C)N1c1ccc(-c2cc(-c3ccc(N4C(C)=NC(C)(C)C4(C)C)cc3)cc(-c3ccc(N4C(C)=NC(C)(C)C4(C)C)cc3)c2)cc1.CC[C-](C)C.Ic1ccc(-c2cc(-c3ccc(I)cc3)cc(-c3ccc(I)cc3)c2)cc1.[Na+].[OH-]. The number of benzene rings is 8. The molecule has 0 saturated heterocycles. The molecule has 0 aliphatic carbocycles. The number of halogens is 3. The van der Waals surface area contributed by atoms with Crippen LogP contribution in [-0.4, -0.2) is 73.1 Å². The molecular formula is C85H103I3N8NaO-. The first kappa shape index (κ1) is 80.1. The normalized spacial score (nSPS) is 18.2. The van der Waals surface area contributed by atoms with E-state index in [1.807, 2.05) is 6.92 Å². The van der Waals surface area contributed by atoms with Crippen LogP contribution >= 0.6 is 67.8 Å². The molecule has 0 amide bonds. The van der Waals surface area contributed by atoms with Crippen LogP contribution in [0.3, 0.4) is 0 Å². The summed E-state index contributed by atoms with van der Waals surface area (Å²) in [6.07, 6.45) is 1.22. The first-order valence-electron chi connectivity index (χ1n) is 33.8. The summed E-state index contributed by atoms with van der Waals surface area (Å²) >= 11 is 7.06. The van der Waals surface area contributed by atoms with Crippen molar-refractivity contribution in [2.75, 3.05) is 14.7 Å². The maximum absolute atomic E-state index is 5.03. The molecule has 0 aromatic heterocycles. The minimum atomic E-state index is -0.178. The van der Waals surface area contributed by atoms with Gasteiger partial charge in [-0.25, -0.2) is 0 Å². The topological polar surface area (TPSA) is 101 Å². The second-order valence-corrected chi connectivity index (χ2v) is 34.4. The van der Waals surface area contributed by atoms with Crippen molar-refractivity contribution >= 4 is 108 Å². The van der Waals surface area contributed by atoms with Crippen LogP contribution in [0.4, 0.5) is 17.1 Å². The fourth-order valence-corrected chi connectivity index (χ4v) is 14.2. The predicted molar refractivity (Wildman–Crippen MR) is 446 cm³/mol. The molecule has 0 bridgehead atoms. The van der Waals surface area contributed by atoms with Gasteiger partial charge >= 0.3 is 29.6 Å². The van der Waals surface area contributed by atoms with E-state index in [9.17, 15) is 0 Å². The zero-order valence-electron chi connectivity index (χ0n) is 62.7. The zero-order chi connectivity index (χ0) is 70.5. The smallest absolute Gasteiger partial charge is 0.870 e. The molecule has 2 N–H and O–H groups in total. The summed E-state index contributed by atoms with van der Waals surface area (Å²) < 4.78 is 3.76. The third-order valence-corrected chi connectivity index (χ3v) is 23.6. The first-order chi connectivity index (χ1) is 44.7. The minimum absolute atomic E-state index is 0. The monoisotopic (exact) mass is 1660 g/mol. The van der Waals surface area contributed by atoms with Crippen molar-refractivity contribution in [2.24, 2.45) is 20.0 Å². The Hall–Kier alpha value is -5.21. The molecule has 0 spiro atoms. The van der Waals surface area contributed by atoms with Gasteiger partial charge in [0, 0.05) is 27.8 Å². The molecule has 8 aromatic carbocycles. The summed E-state index contributed by atoms with van der Waals surface area (Å²) in [7, 11) is 0. The number of rotatable bonds is 10. The van der Waals surface area contributed by atoms with Crippen LogP contribution in [0.2, 0.25) is 0 Å². The van der Waals surface area contributed by atoms with Gasteiger partial charge in [0.1, 0.15) is 17.5 Å². The predicted octanol–water partition coefficient (Wildman–Crippen LogP) is 21.0. The quantitative estimate of drug-likeness (QED) is 0.0835. The number of hydrogen-bond acceptors (Lipinski definition) is 9. The Morgan fingerprint density at radius 1 is 0.327 bits per heavy atom. The molecule has 0 fully saturated rings. The summed E-state index contributed by atoms with van der Waals surface area (Å²) in [5, 5.41) is 3.33. The second-order valence-electron chi connectivity index (χ2n) is 30.7. The fraction of sp³-hybridized carbons (Fsp3) is 0.376. The van der Waals surface area contributed by atoms with E-state index in [0.717, 1.165) is 40.4 Å². The number of anilines is 3. The van der Waals surface area contributed by atoms with Crippen LogP contribution in [0.15, 0.2) is 202 Å².